The van der Waals surface area contributed by atoms with Crippen molar-refractivity contribution in [2.45, 2.75) is 0 Å². The molecule has 1 aromatic heterocycles. The van der Waals surface area contributed by atoms with Crippen molar-refractivity contribution in [2.75, 3.05) is 0 Å². The lowest BCUT2D eigenvalue weighted by atomic mass is 9.90. The quantitative estimate of drug-likeness (QED) is 0.148. The molecule has 0 bridgehead atoms. The van der Waals surface area contributed by atoms with E-state index in [4.69, 9.17) is 6.57 Å². The lowest BCUT2D eigenvalue weighted by molar-refractivity contribution is 1.18. The van der Waals surface area contributed by atoms with Gasteiger partial charge in [0, 0.05) is 11.1 Å². The molecule has 0 amide bonds. The standard InChI is InChI=1S/C43H26N2/c1-44-32-20-23-43-41(26-32)40-25-30(19-22-42(40)45(43)33-13-3-2-4-14-33)29-11-9-12-31(24-29)38-27-39-34-15-6-5-10-28(34)18-21-37(39)35-16-7-8-17-36(35)38/h2-27H. The van der Waals surface area contributed by atoms with Gasteiger partial charge < -0.3 is 4.57 Å². The van der Waals surface area contributed by atoms with Crippen LogP contribution >= 0.6 is 0 Å². The van der Waals surface area contributed by atoms with E-state index in [-0.39, 0.29) is 0 Å². The molecular weight excluding hydrogens is 544 g/mol. The first-order valence-electron chi connectivity index (χ1n) is 15.2. The summed E-state index contributed by atoms with van der Waals surface area (Å²) in [6.07, 6.45) is 0. The third-order valence-corrected chi connectivity index (χ3v) is 9.17. The number of aromatic nitrogens is 1. The molecule has 0 saturated heterocycles. The van der Waals surface area contributed by atoms with Crippen molar-refractivity contribution < 1.29 is 0 Å². The molecule has 0 spiro atoms. The van der Waals surface area contributed by atoms with Crippen molar-refractivity contribution in [1.82, 2.24) is 4.57 Å². The molecule has 0 fully saturated rings. The van der Waals surface area contributed by atoms with Crippen LogP contribution < -0.4 is 0 Å². The fraction of sp³-hybridized carbons (Fsp3) is 0. The molecule has 0 aliphatic heterocycles. The zero-order chi connectivity index (χ0) is 29.9. The number of hydrogen-bond acceptors (Lipinski definition) is 0. The molecule has 2 heteroatoms. The number of benzene rings is 8. The van der Waals surface area contributed by atoms with Crippen LogP contribution in [0.1, 0.15) is 0 Å². The molecule has 8 aromatic carbocycles. The maximum Gasteiger partial charge on any atom is 0.188 e. The summed E-state index contributed by atoms with van der Waals surface area (Å²) in [5.74, 6) is 0. The SMILES string of the molecule is [C-]#[N+]c1ccc2c(c1)c1cc(-c3cccc(-c4cc5c6ccccc6ccc5c5ccccc45)c3)ccc1n2-c1ccccc1. The third-order valence-electron chi connectivity index (χ3n) is 9.17. The first kappa shape index (κ1) is 25.3. The van der Waals surface area contributed by atoms with E-state index in [1.165, 1.54) is 49.0 Å². The Morgan fingerprint density at radius 1 is 0.400 bits per heavy atom. The van der Waals surface area contributed by atoms with Crippen molar-refractivity contribution in [1.29, 1.82) is 0 Å². The van der Waals surface area contributed by atoms with Crippen LogP contribution in [0.25, 0.3) is 86.9 Å². The first-order valence-corrected chi connectivity index (χ1v) is 15.2. The zero-order valence-corrected chi connectivity index (χ0v) is 24.4. The molecule has 0 saturated carbocycles. The highest BCUT2D eigenvalue weighted by Crippen LogP contribution is 2.40. The summed E-state index contributed by atoms with van der Waals surface area (Å²) in [7, 11) is 0. The Morgan fingerprint density at radius 2 is 1.07 bits per heavy atom. The molecule has 0 N–H and O–H groups in total. The van der Waals surface area contributed by atoms with Crippen LogP contribution in [0.4, 0.5) is 5.69 Å². The second-order valence-corrected chi connectivity index (χ2v) is 11.6. The molecule has 1 heterocycles. The van der Waals surface area contributed by atoms with E-state index in [0.29, 0.717) is 5.69 Å². The van der Waals surface area contributed by atoms with Crippen LogP contribution in [0.5, 0.6) is 0 Å². The fourth-order valence-electron chi connectivity index (χ4n) is 7.08. The van der Waals surface area contributed by atoms with Gasteiger partial charge in [0.25, 0.3) is 0 Å². The smallest absolute Gasteiger partial charge is 0.188 e. The van der Waals surface area contributed by atoms with Crippen LogP contribution in [0.15, 0.2) is 158 Å². The van der Waals surface area contributed by atoms with E-state index in [9.17, 15) is 0 Å². The van der Waals surface area contributed by atoms with E-state index in [0.717, 1.165) is 33.1 Å². The Morgan fingerprint density at radius 3 is 1.91 bits per heavy atom. The summed E-state index contributed by atoms with van der Waals surface area (Å²) in [6, 6.07) is 56.4. The van der Waals surface area contributed by atoms with Gasteiger partial charge in [-0.1, -0.05) is 109 Å². The summed E-state index contributed by atoms with van der Waals surface area (Å²) in [5.41, 5.74) is 8.74. The summed E-state index contributed by atoms with van der Waals surface area (Å²) >= 11 is 0. The van der Waals surface area contributed by atoms with Gasteiger partial charge in [-0.15, -0.1) is 0 Å². The van der Waals surface area contributed by atoms with Gasteiger partial charge in [-0.05, 0) is 108 Å². The minimum atomic E-state index is 0.651. The predicted octanol–water partition coefficient (Wildman–Crippen LogP) is 12.1. The van der Waals surface area contributed by atoms with Crippen LogP contribution in [-0.4, -0.2) is 4.57 Å². The number of para-hydroxylation sites is 1. The molecule has 9 rings (SSSR count). The number of fused-ring (bicyclic) bond motifs is 8. The van der Waals surface area contributed by atoms with Crippen LogP contribution in [0, 0.1) is 6.57 Å². The fourth-order valence-corrected chi connectivity index (χ4v) is 7.08. The van der Waals surface area contributed by atoms with Gasteiger partial charge in [-0.2, -0.15) is 0 Å². The minimum Gasteiger partial charge on any atom is -0.309 e. The Labute approximate surface area is 260 Å². The van der Waals surface area contributed by atoms with Gasteiger partial charge in [0.05, 0.1) is 17.6 Å². The van der Waals surface area contributed by atoms with Gasteiger partial charge >= 0.3 is 0 Å². The van der Waals surface area contributed by atoms with Gasteiger partial charge in [0.15, 0.2) is 5.69 Å². The molecule has 45 heavy (non-hydrogen) atoms. The number of rotatable bonds is 3. The summed E-state index contributed by atoms with van der Waals surface area (Å²) in [4.78, 5) is 3.74. The molecule has 0 aliphatic carbocycles. The van der Waals surface area contributed by atoms with Crippen LogP contribution in [0.2, 0.25) is 0 Å². The van der Waals surface area contributed by atoms with Crippen LogP contribution in [-0.2, 0) is 0 Å². The molecule has 2 nitrogen and oxygen atoms in total. The molecule has 208 valence electrons. The third kappa shape index (κ3) is 3.95. The number of nitrogens with zero attached hydrogens (tertiary/aromatic N) is 2. The van der Waals surface area contributed by atoms with Gasteiger partial charge in [-0.3, -0.25) is 0 Å². The van der Waals surface area contributed by atoms with E-state index in [1.807, 2.05) is 18.2 Å². The van der Waals surface area contributed by atoms with Gasteiger partial charge in [0.2, 0.25) is 0 Å². The molecule has 0 atom stereocenters. The monoisotopic (exact) mass is 570 g/mol. The first-order chi connectivity index (χ1) is 22.3. The normalized spacial score (nSPS) is 11.5. The topological polar surface area (TPSA) is 9.29 Å². The highest BCUT2D eigenvalue weighted by Gasteiger charge is 2.15. The van der Waals surface area contributed by atoms with Crippen molar-refractivity contribution in [3.8, 4) is 27.9 Å². The summed E-state index contributed by atoms with van der Waals surface area (Å²) in [6.45, 7) is 7.65. The van der Waals surface area contributed by atoms with E-state index in [1.54, 1.807) is 0 Å². The van der Waals surface area contributed by atoms with Gasteiger partial charge in [-0.25, -0.2) is 4.85 Å². The molecule has 9 aromatic rings. The average molecular weight is 571 g/mol. The Hall–Kier alpha value is -6.17. The molecular formula is C43H26N2. The maximum absolute atomic E-state index is 7.65. The zero-order valence-electron chi connectivity index (χ0n) is 24.4. The second kappa shape index (κ2) is 9.95. The molecule has 0 unspecified atom stereocenters. The van der Waals surface area contributed by atoms with Crippen LogP contribution in [0.3, 0.4) is 0 Å². The highest BCUT2D eigenvalue weighted by atomic mass is 15.0. The highest BCUT2D eigenvalue weighted by molar-refractivity contribution is 6.21. The predicted molar refractivity (Wildman–Crippen MR) is 190 cm³/mol. The largest absolute Gasteiger partial charge is 0.309 e. The number of hydrogen-bond donors (Lipinski definition) is 0. The average Bonchev–Trinajstić information content (AvgIpc) is 3.44. The van der Waals surface area contributed by atoms with Gasteiger partial charge in [0.1, 0.15) is 0 Å². The lowest BCUT2D eigenvalue weighted by Gasteiger charge is -2.14. The Bertz CT molecular complexity index is 2650. The summed E-state index contributed by atoms with van der Waals surface area (Å²) in [5, 5.41) is 9.85. The minimum absolute atomic E-state index is 0.651. The maximum atomic E-state index is 7.65. The Kier molecular flexibility index (Phi) is 5.60. The van der Waals surface area contributed by atoms with Crippen molar-refractivity contribution in [3.63, 3.8) is 0 Å². The Balaban J connectivity index is 1.26. The van der Waals surface area contributed by atoms with E-state index >= 15 is 0 Å². The second-order valence-electron chi connectivity index (χ2n) is 11.6. The summed E-state index contributed by atoms with van der Waals surface area (Å²) < 4.78 is 2.30. The molecule has 0 aliphatic rings. The lowest BCUT2D eigenvalue weighted by Crippen LogP contribution is -1.92. The molecule has 0 radical (unpaired) electrons. The van der Waals surface area contributed by atoms with Crippen molar-refractivity contribution in [3.05, 3.63) is 169 Å². The van der Waals surface area contributed by atoms with Crippen molar-refractivity contribution in [2.24, 2.45) is 0 Å². The van der Waals surface area contributed by atoms with E-state index < -0.39 is 0 Å². The van der Waals surface area contributed by atoms with E-state index in [2.05, 4.69) is 149 Å². The van der Waals surface area contributed by atoms with Crippen molar-refractivity contribution >= 4 is 59.8 Å².